The Morgan fingerprint density at radius 2 is 2.00 bits per heavy atom. The number of hydrogen-bond acceptors (Lipinski definition) is 3. The summed E-state index contributed by atoms with van der Waals surface area (Å²) in [7, 11) is -3.86. The first kappa shape index (κ1) is 13.8. The monoisotopic (exact) mass is 325 g/mol. The van der Waals surface area contributed by atoms with E-state index in [0.717, 1.165) is 6.07 Å². The molecular weight excluding hydrogens is 317 g/mol. The summed E-state index contributed by atoms with van der Waals surface area (Å²) in [5.74, 6) is -0.619. The smallest absolute Gasteiger partial charge is 0.261 e. The van der Waals surface area contributed by atoms with E-state index in [1.807, 2.05) is 0 Å². The topological polar surface area (TPSA) is 74.8 Å². The number of nitrogens with one attached hydrogen (secondary N) is 2. The van der Waals surface area contributed by atoms with Crippen molar-refractivity contribution in [2.45, 2.75) is 4.90 Å². The molecule has 0 amide bonds. The van der Waals surface area contributed by atoms with Crippen molar-refractivity contribution in [2.24, 2.45) is 0 Å². The zero-order valence-corrected chi connectivity index (χ0v) is 12.0. The number of nitrogens with zero attached hydrogens (tertiary/aromatic N) is 1. The van der Waals surface area contributed by atoms with Gasteiger partial charge in [-0.25, -0.2) is 12.8 Å². The van der Waals surface area contributed by atoms with E-state index in [9.17, 15) is 12.8 Å². The predicted molar refractivity (Wildman–Crippen MR) is 78.3 cm³/mol. The van der Waals surface area contributed by atoms with Gasteiger partial charge >= 0.3 is 0 Å². The number of rotatable bonds is 3. The maximum atomic E-state index is 13.1. The minimum atomic E-state index is -3.86. The van der Waals surface area contributed by atoms with E-state index in [4.69, 9.17) is 11.6 Å². The third kappa shape index (κ3) is 2.70. The summed E-state index contributed by atoms with van der Waals surface area (Å²) in [5, 5.41) is 7.45. The molecule has 3 aromatic rings. The molecule has 2 N–H and O–H groups in total. The largest absolute Gasteiger partial charge is 0.280 e. The van der Waals surface area contributed by atoms with E-state index >= 15 is 0 Å². The average molecular weight is 326 g/mol. The third-order valence-electron chi connectivity index (χ3n) is 2.87. The van der Waals surface area contributed by atoms with Crippen LogP contribution in [0.1, 0.15) is 0 Å². The van der Waals surface area contributed by atoms with Crippen molar-refractivity contribution < 1.29 is 12.8 Å². The fourth-order valence-corrected chi connectivity index (χ4v) is 3.16. The molecule has 0 aliphatic carbocycles. The van der Waals surface area contributed by atoms with Crippen LogP contribution < -0.4 is 4.72 Å². The second-order valence-corrected chi connectivity index (χ2v) is 6.39. The van der Waals surface area contributed by atoms with Crippen LogP contribution in [0.4, 0.5) is 10.1 Å². The summed E-state index contributed by atoms with van der Waals surface area (Å²) in [4.78, 5) is -0.152. The molecule has 0 saturated heterocycles. The second-order valence-electron chi connectivity index (χ2n) is 4.33. The van der Waals surface area contributed by atoms with Crippen molar-refractivity contribution in [1.82, 2.24) is 10.2 Å². The average Bonchev–Trinajstić information content (AvgIpc) is 2.80. The molecule has 108 valence electrons. The number of H-pyrrole nitrogens is 1. The molecule has 8 heteroatoms. The van der Waals surface area contributed by atoms with Gasteiger partial charge in [0.15, 0.2) is 0 Å². The predicted octanol–water partition coefficient (Wildman–Crippen LogP) is 3.16. The van der Waals surface area contributed by atoms with Crippen molar-refractivity contribution in [3.05, 3.63) is 53.4 Å². The Bertz CT molecular complexity index is 924. The molecule has 0 unspecified atom stereocenters. The Morgan fingerprint density at radius 3 is 2.76 bits per heavy atom. The molecule has 0 atom stereocenters. The van der Waals surface area contributed by atoms with Crippen molar-refractivity contribution in [3.8, 4) is 0 Å². The summed E-state index contributed by atoms with van der Waals surface area (Å²) in [6.07, 6.45) is 0. The van der Waals surface area contributed by atoms with Gasteiger partial charge in [-0.05, 0) is 36.4 Å². The quantitative estimate of drug-likeness (QED) is 0.776. The molecule has 3 rings (SSSR count). The van der Waals surface area contributed by atoms with Gasteiger partial charge in [0.25, 0.3) is 10.0 Å². The molecule has 0 radical (unpaired) electrons. The Hall–Kier alpha value is -2.12. The molecule has 5 nitrogen and oxygen atoms in total. The number of anilines is 1. The highest BCUT2D eigenvalue weighted by Gasteiger charge is 2.15. The molecule has 1 aromatic heterocycles. The van der Waals surface area contributed by atoms with Crippen LogP contribution in [-0.4, -0.2) is 18.6 Å². The van der Waals surface area contributed by atoms with E-state index in [1.165, 1.54) is 18.2 Å². The summed E-state index contributed by atoms with van der Waals surface area (Å²) in [5.41, 5.74) is 0.934. The number of halogens is 2. The second kappa shape index (κ2) is 5.01. The lowest BCUT2D eigenvalue weighted by Gasteiger charge is -2.08. The minimum Gasteiger partial charge on any atom is -0.280 e. The first-order valence-corrected chi connectivity index (χ1v) is 7.74. The zero-order chi connectivity index (χ0) is 15.0. The van der Waals surface area contributed by atoms with E-state index in [-0.39, 0.29) is 4.90 Å². The van der Waals surface area contributed by atoms with E-state index in [1.54, 1.807) is 18.2 Å². The molecule has 0 saturated carbocycles. The van der Waals surface area contributed by atoms with Crippen molar-refractivity contribution in [3.63, 3.8) is 0 Å². The first-order chi connectivity index (χ1) is 9.95. The van der Waals surface area contributed by atoms with Gasteiger partial charge in [-0.15, -0.1) is 0 Å². The van der Waals surface area contributed by atoms with Crippen LogP contribution in [0.5, 0.6) is 0 Å². The van der Waals surface area contributed by atoms with Gasteiger partial charge in [0, 0.05) is 11.1 Å². The number of sulfonamides is 1. The lowest BCUT2D eigenvalue weighted by atomic mass is 10.2. The lowest BCUT2D eigenvalue weighted by molar-refractivity contribution is 0.595. The Labute approximate surface area is 124 Å². The van der Waals surface area contributed by atoms with E-state index < -0.39 is 15.8 Å². The van der Waals surface area contributed by atoms with Crippen LogP contribution in [0, 0.1) is 5.82 Å². The van der Waals surface area contributed by atoms with Gasteiger partial charge in [0.05, 0.1) is 10.4 Å². The van der Waals surface area contributed by atoms with Gasteiger partial charge in [0.2, 0.25) is 0 Å². The van der Waals surface area contributed by atoms with Crippen LogP contribution in [-0.2, 0) is 10.0 Å². The van der Waals surface area contributed by atoms with Gasteiger partial charge < -0.3 is 0 Å². The lowest BCUT2D eigenvalue weighted by Crippen LogP contribution is -2.13. The van der Waals surface area contributed by atoms with Crippen LogP contribution in [0.2, 0.25) is 5.15 Å². The highest BCUT2D eigenvalue weighted by Crippen LogP contribution is 2.25. The van der Waals surface area contributed by atoms with Crippen molar-refractivity contribution in [2.75, 3.05) is 4.72 Å². The normalized spacial score (nSPS) is 11.7. The SMILES string of the molecule is O=S(=O)(Nc1ccc2n[nH]c(Cl)c2c1)c1cccc(F)c1. The molecule has 0 aliphatic rings. The number of aromatic amines is 1. The molecule has 0 spiro atoms. The zero-order valence-electron chi connectivity index (χ0n) is 10.5. The standard InChI is InChI=1S/C13H9ClFN3O2S/c14-13-11-7-9(4-5-12(11)16-17-13)18-21(19,20)10-3-1-2-8(15)6-10/h1-7,18H,(H,16,17). The van der Waals surface area contributed by atoms with Gasteiger partial charge in [-0.3, -0.25) is 9.82 Å². The van der Waals surface area contributed by atoms with Crippen LogP contribution in [0.25, 0.3) is 10.9 Å². The number of aromatic nitrogens is 2. The van der Waals surface area contributed by atoms with E-state index in [0.29, 0.717) is 21.7 Å². The van der Waals surface area contributed by atoms with Gasteiger partial charge in [-0.1, -0.05) is 17.7 Å². The third-order valence-corrected chi connectivity index (χ3v) is 4.53. The van der Waals surface area contributed by atoms with Crippen molar-refractivity contribution in [1.29, 1.82) is 0 Å². The first-order valence-electron chi connectivity index (χ1n) is 5.88. The van der Waals surface area contributed by atoms with Crippen LogP contribution in [0.15, 0.2) is 47.4 Å². The molecule has 0 aliphatic heterocycles. The van der Waals surface area contributed by atoms with Crippen LogP contribution in [0.3, 0.4) is 0 Å². The minimum absolute atomic E-state index is 0.152. The highest BCUT2D eigenvalue weighted by atomic mass is 35.5. The summed E-state index contributed by atoms with van der Waals surface area (Å²) >= 11 is 5.91. The molecule has 1 heterocycles. The van der Waals surface area contributed by atoms with Gasteiger partial charge in [-0.2, -0.15) is 5.10 Å². The molecule has 2 aromatic carbocycles. The maximum Gasteiger partial charge on any atom is 0.261 e. The molecule has 0 fully saturated rings. The highest BCUT2D eigenvalue weighted by molar-refractivity contribution is 7.92. The fraction of sp³-hybridized carbons (Fsp3) is 0. The molecule has 21 heavy (non-hydrogen) atoms. The molecule has 0 bridgehead atoms. The number of hydrogen-bond donors (Lipinski definition) is 2. The number of fused-ring (bicyclic) bond motifs is 1. The number of benzene rings is 2. The summed E-state index contributed by atoms with van der Waals surface area (Å²) in [6.45, 7) is 0. The molecular formula is C13H9ClFN3O2S. The van der Waals surface area contributed by atoms with Crippen molar-refractivity contribution >= 4 is 38.2 Å². The Balaban J connectivity index is 1.98. The summed E-state index contributed by atoms with van der Waals surface area (Å²) in [6, 6.07) is 9.51. The maximum absolute atomic E-state index is 13.1. The Kier molecular flexibility index (Phi) is 3.30. The van der Waals surface area contributed by atoms with Gasteiger partial charge in [0.1, 0.15) is 11.0 Å². The fourth-order valence-electron chi connectivity index (χ4n) is 1.89. The summed E-state index contributed by atoms with van der Waals surface area (Å²) < 4.78 is 39.9. The Morgan fingerprint density at radius 1 is 1.19 bits per heavy atom. The van der Waals surface area contributed by atoms with E-state index in [2.05, 4.69) is 14.9 Å². The van der Waals surface area contributed by atoms with Crippen LogP contribution >= 0.6 is 11.6 Å².